The molecule has 0 unspecified atom stereocenters. The minimum absolute atomic E-state index is 0.295. The second-order valence-corrected chi connectivity index (χ2v) is 17.9. The summed E-state index contributed by atoms with van der Waals surface area (Å²) < 4.78 is 9.55. The van der Waals surface area contributed by atoms with E-state index in [1.807, 2.05) is 44.7 Å². The summed E-state index contributed by atoms with van der Waals surface area (Å²) in [6.45, 7) is 34.7. The molecule has 2 aliphatic heterocycles. The van der Waals surface area contributed by atoms with Gasteiger partial charge in [0.05, 0.1) is 5.71 Å². The Hall–Kier alpha value is -2.67. The zero-order valence-corrected chi connectivity index (χ0v) is 32.5. The van der Waals surface area contributed by atoms with Gasteiger partial charge in [-0.25, -0.2) is 9.97 Å². The molecule has 0 amide bonds. The van der Waals surface area contributed by atoms with Gasteiger partial charge in [-0.1, -0.05) is 89.7 Å². The second kappa shape index (κ2) is 18.0. The number of imidazole rings is 2. The average Bonchev–Trinajstić information content (AvgIpc) is 3.42. The van der Waals surface area contributed by atoms with Crippen LogP contribution in [0, 0.1) is 34.5 Å². The Balaban J connectivity index is 0.000000307. The zero-order valence-electron chi connectivity index (χ0n) is 32.5. The van der Waals surface area contributed by atoms with Crippen molar-refractivity contribution in [1.82, 2.24) is 24.5 Å². The molecule has 2 aromatic rings. The molecular weight excluding hydrogens is 568 g/mol. The van der Waals surface area contributed by atoms with Crippen LogP contribution in [-0.4, -0.2) is 38.0 Å². The predicted octanol–water partition coefficient (Wildman–Crippen LogP) is 9.63. The normalized spacial score (nSPS) is 15.8. The summed E-state index contributed by atoms with van der Waals surface area (Å²) in [5, 5.41) is 4.18. The van der Waals surface area contributed by atoms with Crippen molar-refractivity contribution in [1.29, 1.82) is 0 Å². The lowest BCUT2D eigenvalue weighted by molar-refractivity contribution is 0.0532. The van der Waals surface area contributed by atoms with Crippen LogP contribution in [0.5, 0.6) is 0 Å². The monoisotopic (exact) mass is 639 g/mol. The largest absolute Gasteiger partial charge is 0.381 e. The first-order valence-corrected chi connectivity index (χ1v) is 17.1. The van der Waals surface area contributed by atoms with Gasteiger partial charge < -0.3 is 13.9 Å². The third-order valence-corrected chi connectivity index (χ3v) is 7.41. The topological polar surface area (TPSA) is 69.3 Å². The van der Waals surface area contributed by atoms with Crippen molar-refractivity contribution in [3.8, 4) is 0 Å². The van der Waals surface area contributed by atoms with Crippen LogP contribution in [0.4, 0.5) is 0 Å². The van der Waals surface area contributed by atoms with E-state index in [1.165, 1.54) is 25.0 Å². The van der Waals surface area contributed by atoms with E-state index in [-0.39, 0.29) is 0 Å². The first-order valence-electron chi connectivity index (χ1n) is 17.1. The predicted molar refractivity (Wildman–Crippen MR) is 198 cm³/mol. The highest BCUT2D eigenvalue weighted by Gasteiger charge is 2.20. The first-order chi connectivity index (χ1) is 20.9. The Kier molecular flexibility index (Phi) is 16.2. The number of rotatable bonds is 4. The summed E-state index contributed by atoms with van der Waals surface area (Å²) in [6.07, 6.45) is 16.8. The second-order valence-electron chi connectivity index (χ2n) is 17.9. The number of ether oxygens (including phenoxy) is 1. The number of aryl methyl sites for hydroxylation is 2. The van der Waals surface area contributed by atoms with E-state index in [9.17, 15) is 0 Å². The van der Waals surface area contributed by atoms with Crippen molar-refractivity contribution in [2.24, 2.45) is 46.8 Å². The number of hydrogen-bond acceptors (Lipinski definition) is 5. The van der Waals surface area contributed by atoms with Gasteiger partial charge in [0, 0.05) is 63.7 Å². The summed E-state index contributed by atoms with van der Waals surface area (Å²) in [5.74, 6) is 3.18. The smallest absolute Gasteiger partial charge is 0.108 e. The van der Waals surface area contributed by atoms with Crippen LogP contribution < -0.4 is 5.43 Å². The Morgan fingerprint density at radius 2 is 1.37 bits per heavy atom. The first kappa shape index (κ1) is 41.4. The SMILES string of the molecule is C=C1C=CC(CC(C)(C)C)=NN1.CC(C)(C)CC1CCOCC1.Cc1ncc(CC(C)(C)C)n1C.Cn1ccnc1CC(C)(C)C. The van der Waals surface area contributed by atoms with Gasteiger partial charge in [0.15, 0.2) is 0 Å². The lowest BCUT2D eigenvalue weighted by Crippen LogP contribution is -2.20. The molecule has 1 fully saturated rings. The molecule has 0 bridgehead atoms. The van der Waals surface area contributed by atoms with E-state index in [0.717, 1.165) is 61.5 Å². The molecule has 4 rings (SSSR count). The van der Waals surface area contributed by atoms with Crippen molar-refractivity contribution in [3.05, 3.63) is 60.4 Å². The molecule has 0 atom stereocenters. The van der Waals surface area contributed by atoms with Crippen LogP contribution >= 0.6 is 0 Å². The summed E-state index contributed by atoms with van der Waals surface area (Å²) in [7, 11) is 4.11. The van der Waals surface area contributed by atoms with Crippen molar-refractivity contribution >= 4 is 5.71 Å². The maximum Gasteiger partial charge on any atom is 0.108 e. The van der Waals surface area contributed by atoms with E-state index < -0.39 is 0 Å². The molecule has 1 saturated heterocycles. The molecule has 0 radical (unpaired) electrons. The third kappa shape index (κ3) is 19.8. The fourth-order valence-corrected chi connectivity index (χ4v) is 5.17. The number of hydrogen-bond donors (Lipinski definition) is 1. The van der Waals surface area contributed by atoms with Gasteiger partial charge >= 0.3 is 0 Å². The lowest BCUT2D eigenvalue weighted by Gasteiger charge is -2.28. The number of aromatic nitrogens is 4. The van der Waals surface area contributed by atoms with Crippen molar-refractivity contribution in [2.75, 3.05) is 13.2 Å². The van der Waals surface area contributed by atoms with E-state index in [0.29, 0.717) is 21.7 Å². The number of allylic oxidation sites excluding steroid dienone is 2. The standard InChI is InChI=1S/C10H18N2.C10H16N2.C10H20O.C9H16N2/c1-8-11-7-9(12(8)5)6-10(2,3)4;1-8-5-6-9(12-11-8)7-10(2,3)4;1-10(2,3)8-9-4-6-11-7-5-9;1-9(2,3)7-8-10-5-6-11(8)4/h7H,6H2,1-5H3;5-6,11H,1,7H2,2-4H3;9H,4-8H2,1-3H3;5-6H,7H2,1-4H3. The zero-order chi connectivity index (χ0) is 35.3. The molecule has 2 aliphatic rings. The minimum Gasteiger partial charge on any atom is -0.381 e. The fourth-order valence-electron chi connectivity index (χ4n) is 5.17. The molecule has 0 spiro atoms. The van der Waals surface area contributed by atoms with Crippen LogP contribution in [-0.2, 0) is 31.7 Å². The molecule has 7 nitrogen and oxygen atoms in total. The Morgan fingerprint density at radius 3 is 1.76 bits per heavy atom. The molecule has 0 saturated carbocycles. The van der Waals surface area contributed by atoms with E-state index in [1.54, 1.807) is 0 Å². The highest BCUT2D eigenvalue weighted by molar-refractivity contribution is 5.96. The van der Waals surface area contributed by atoms with Crippen LogP contribution in [0.25, 0.3) is 0 Å². The van der Waals surface area contributed by atoms with Gasteiger partial charge in [-0.2, -0.15) is 5.10 Å². The average molecular weight is 639 g/mol. The maximum absolute atomic E-state index is 5.31. The summed E-state index contributed by atoms with van der Waals surface area (Å²) in [5.41, 5.74) is 7.60. The molecule has 7 heteroatoms. The molecule has 0 aromatic carbocycles. The molecule has 2 aromatic heterocycles. The van der Waals surface area contributed by atoms with Gasteiger partial charge in [-0.15, -0.1) is 0 Å². The molecule has 0 aliphatic carbocycles. The third-order valence-electron chi connectivity index (χ3n) is 7.41. The van der Waals surface area contributed by atoms with Gasteiger partial charge in [-0.05, 0) is 78.8 Å². The minimum atomic E-state index is 0.295. The van der Waals surface area contributed by atoms with Crippen LogP contribution in [0.2, 0.25) is 0 Å². The van der Waals surface area contributed by atoms with Crippen molar-refractivity contribution in [3.63, 3.8) is 0 Å². The quantitative estimate of drug-likeness (QED) is 0.362. The molecule has 1 N–H and O–H groups in total. The molecular formula is C39H70N6O. The maximum atomic E-state index is 5.31. The Bertz CT molecular complexity index is 1230. The Morgan fingerprint density at radius 1 is 0.804 bits per heavy atom. The lowest BCUT2D eigenvalue weighted by atomic mass is 9.81. The Labute approximate surface area is 283 Å². The molecule has 4 heterocycles. The number of nitrogens with one attached hydrogen (secondary N) is 1. The van der Waals surface area contributed by atoms with Crippen molar-refractivity contribution in [2.45, 2.75) is 129 Å². The number of nitrogens with zero attached hydrogens (tertiary/aromatic N) is 5. The number of hydrazone groups is 1. The summed E-state index contributed by atoms with van der Waals surface area (Å²) >= 11 is 0. The van der Waals surface area contributed by atoms with E-state index in [2.05, 4.69) is 126 Å². The van der Waals surface area contributed by atoms with E-state index in [4.69, 9.17) is 4.74 Å². The van der Waals surface area contributed by atoms with Gasteiger partial charge in [-0.3, -0.25) is 5.43 Å². The van der Waals surface area contributed by atoms with Gasteiger partial charge in [0.1, 0.15) is 11.6 Å². The van der Waals surface area contributed by atoms with Gasteiger partial charge in [0.25, 0.3) is 0 Å². The van der Waals surface area contributed by atoms with Crippen LogP contribution in [0.3, 0.4) is 0 Å². The van der Waals surface area contributed by atoms with Gasteiger partial charge in [0.2, 0.25) is 0 Å². The molecule has 262 valence electrons. The van der Waals surface area contributed by atoms with Crippen LogP contribution in [0.15, 0.2) is 48.1 Å². The fraction of sp³-hybridized carbons (Fsp3) is 0.718. The summed E-state index contributed by atoms with van der Waals surface area (Å²) in [6, 6.07) is 0. The van der Waals surface area contributed by atoms with Crippen LogP contribution in [0.1, 0.15) is 126 Å². The summed E-state index contributed by atoms with van der Waals surface area (Å²) in [4.78, 5) is 8.53. The molecule has 46 heavy (non-hydrogen) atoms. The van der Waals surface area contributed by atoms with Crippen molar-refractivity contribution < 1.29 is 4.74 Å². The highest BCUT2D eigenvalue weighted by atomic mass is 16.5. The highest BCUT2D eigenvalue weighted by Crippen LogP contribution is 2.30. The van der Waals surface area contributed by atoms with E-state index >= 15 is 0 Å².